The van der Waals surface area contributed by atoms with Gasteiger partial charge < -0.3 is 31.2 Å². The molecule has 0 spiro atoms. The van der Waals surface area contributed by atoms with Crippen LogP contribution < -0.4 is 17.0 Å². The van der Waals surface area contributed by atoms with Gasteiger partial charge in [0.05, 0.1) is 12.0 Å². The Morgan fingerprint density at radius 3 is 2.64 bits per heavy atom. The average Bonchev–Trinajstić information content (AvgIpc) is 3.12. The Balaban J connectivity index is 2.23. The van der Waals surface area contributed by atoms with Crippen LogP contribution in [0.5, 0.6) is 0 Å². The molecule has 0 aliphatic carbocycles. The van der Waals surface area contributed by atoms with Crippen molar-refractivity contribution in [1.82, 2.24) is 19.7 Å². The molecule has 13 heteroatoms. The molecule has 0 aromatic carbocycles. The lowest BCUT2D eigenvalue weighted by Gasteiger charge is -2.16. The van der Waals surface area contributed by atoms with Gasteiger partial charge in [-0.15, -0.1) is 0 Å². The molecular weight excluding hydrogens is 352 g/mol. The topological polar surface area (TPSA) is 201 Å². The van der Waals surface area contributed by atoms with E-state index in [0.717, 1.165) is 0 Å². The van der Waals surface area contributed by atoms with Gasteiger partial charge in [-0.05, 0) is 6.26 Å². The van der Waals surface area contributed by atoms with Crippen molar-refractivity contribution < 1.29 is 20.1 Å². The van der Waals surface area contributed by atoms with E-state index in [1.165, 1.54) is 16.4 Å². The predicted molar refractivity (Wildman–Crippen MR) is 88.9 cm³/mol. The molecule has 25 heavy (non-hydrogen) atoms. The molecule has 4 atom stereocenters. The maximum absolute atomic E-state index is 10.3. The van der Waals surface area contributed by atoms with Gasteiger partial charge in [-0.3, -0.25) is 5.41 Å². The minimum atomic E-state index is -1.36. The number of nitrogens with two attached hydrogens (primary N) is 2. The monoisotopic (exact) mass is 370 g/mol. The first kappa shape index (κ1) is 17.8. The van der Waals surface area contributed by atoms with Gasteiger partial charge in [0.1, 0.15) is 29.8 Å². The maximum atomic E-state index is 10.3. The average molecular weight is 370 g/mol. The normalized spacial score (nSPS) is 26.3. The molecule has 2 aromatic rings. The number of hydrazine groups is 1. The molecule has 0 bridgehead atoms. The van der Waals surface area contributed by atoms with Crippen molar-refractivity contribution in [2.45, 2.75) is 29.7 Å². The smallest absolute Gasteiger partial charge is 0.191 e. The number of hydrogen-bond acceptors (Lipinski definition) is 11. The number of nitrogen functional groups attached to an aromatic ring is 2. The fourth-order valence-corrected chi connectivity index (χ4v) is 3.02. The lowest BCUT2D eigenvalue weighted by molar-refractivity contribution is -0.0567. The second kappa shape index (κ2) is 6.70. The summed E-state index contributed by atoms with van der Waals surface area (Å²) in [5.41, 5.74) is 8.27. The molecule has 2 aromatic heterocycles. The van der Waals surface area contributed by atoms with Crippen molar-refractivity contribution in [3.8, 4) is 0 Å². The molecule has 1 aliphatic rings. The van der Waals surface area contributed by atoms with Crippen LogP contribution in [0.4, 0.5) is 5.82 Å². The van der Waals surface area contributed by atoms with E-state index in [-0.39, 0.29) is 28.4 Å². The lowest BCUT2D eigenvalue weighted by atomic mass is 10.1. The zero-order valence-electron chi connectivity index (χ0n) is 13.1. The Kier molecular flexibility index (Phi) is 4.77. The number of nitrogens with zero attached hydrogens (tertiary/aromatic N) is 4. The summed E-state index contributed by atoms with van der Waals surface area (Å²) in [4.78, 5) is 8.53. The van der Waals surface area contributed by atoms with Gasteiger partial charge in [-0.25, -0.2) is 20.5 Å². The van der Waals surface area contributed by atoms with Crippen molar-refractivity contribution in [3.05, 3.63) is 5.69 Å². The fourth-order valence-electron chi connectivity index (χ4n) is 2.66. The Bertz CT molecular complexity index is 814. The lowest BCUT2D eigenvalue weighted by Crippen LogP contribution is -2.33. The molecule has 0 radical (unpaired) electrons. The fraction of sp³-hybridized carbons (Fsp3) is 0.500. The zero-order chi connectivity index (χ0) is 18.3. The van der Waals surface area contributed by atoms with Crippen LogP contribution in [-0.2, 0) is 4.74 Å². The number of ether oxygens (including phenoxy) is 1. The SMILES string of the molecule is CSc1nc(NN)c2c(C(=N)N)nn([C@@H]3O[C@H](CO)[C@@H](O)[C@H]3O)c2n1. The van der Waals surface area contributed by atoms with Crippen molar-refractivity contribution in [2.24, 2.45) is 11.6 Å². The Hall–Kier alpha value is -2.03. The van der Waals surface area contributed by atoms with Crippen molar-refractivity contribution >= 4 is 34.4 Å². The van der Waals surface area contributed by atoms with Gasteiger partial charge in [0.15, 0.2) is 22.8 Å². The van der Waals surface area contributed by atoms with Crippen LogP contribution in [-0.4, -0.2) is 72.1 Å². The third-order valence-electron chi connectivity index (χ3n) is 3.86. The molecule has 3 heterocycles. The standard InChI is InChI=1S/C12H18N8O4S/c1-25-12-16-9(18-15)4-5(8(13)14)19-20(10(4)17-12)11-7(23)6(22)3(2-21)24-11/h3,6-7,11,21-23H,2,15H2,1H3,(H3,13,14)(H,16,17,18)/t3-,6-,7-,11-/m1/s1. The van der Waals surface area contributed by atoms with Crippen LogP contribution in [0.25, 0.3) is 11.0 Å². The molecule has 0 amide bonds. The molecule has 0 saturated carbocycles. The first-order valence-electron chi connectivity index (χ1n) is 7.20. The molecule has 1 aliphatic heterocycles. The number of nitrogens with one attached hydrogen (secondary N) is 2. The quantitative estimate of drug-likeness (QED) is 0.0746. The summed E-state index contributed by atoms with van der Waals surface area (Å²) in [6.45, 7) is -0.478. The van der Waals surface area contributed by atoms with E-state index in [2.05, 4.69) is 20.5 Å². The van der Waals surface area contributed by atoms with Crippen LogP contribution in [0.3, 0.4) is 0 Å². The summed E-state index contributed by atoms with van der Waals surface area (Å²) in [6, 6.07) is 0. The number of rotatable bonds is 5. The van der Waals surface area contributed by atoms with Crippen LogP contribution in [0.15, 0.2) is 5.16 Å². The van der Waals surface area contributed by atoms with Gasteiger partial charge in [-0.2, -0.15) is 5.10 Å². The van der Waals surface area contributed by atoms with E-state index in [4.69, 9.17) is 21.7 Å². The van der Waals surface area contributed by atoms with Crippen molar-refractivity contribution in [1.29, 1.82) is 5.41 Å². The highest BCUT2D eigenvalue weighted by Crippen LogP contribution is 2.34. The molecule has 3 rings (SSSR count). The molecule has 0 unspecified atom stereocenters. The van der Waals surface area contributed by atoms with Gasteiger partial charge in [0, 0.05) is 0 Å². The van der Waals surface area contributed by atoms with E-state index in [0.29, 0.717) is 5.16 Å². The first-order chi connectivity index (χ1) is 11.9. The number of aliphatic hydroxyl groups excluding tert-OH is 3. The molecule has 1 fully saturated rings. The minimum absolute atomic E-state index is 0.0494. The molecule has 136 valence electrons. The zero-order valence-corrected chi connectivity index (χ0v) is 13.9. The van der Waals surface area contributed by atoms with Crippen molar-refractivity contribution in [2.75, 3.05) is 18.3 Å². The molecule has 12 nitrogen and oxygen atoms in total. The largest absolute Gasteiger partial charge is 0.394 e. The summed E-state index contributed by atoms with van der Waals surface area (Å²) < 4.78 is 6.70. The second-order valence-electron chi connectivity index (χ2n) is 5.34. The summed E-state index contributed by atoms with van der Waals surface area (Å²) in [7, 11) is 0. The first-order valence-corrected chi connectivity index (χ1v) is 8.43. The van der Waals surface area contributed by atoms with Crippen LogP contribution in [0, 0.1) is 5.41 Å². The van der Waals surface area contributed by atoms with E-state index in [9.17, 15) is 15.3 Å². The van der Waals surface area contributed by atoms with Gasteiger partial charge in [-0.1, -0.05) is 11.8 Å². The Morgan fingerprint density at radius 1 is 1.40 bits per heavy atom. The highest BCUT2D eigenvalue weighted by Gasteiger charge is 2.45. The highest BCUT2D eigenvalue weighted by molar-refractivity contribution is 7.98. The van der Waals surface area contributed by atoms with Gasteiger partial charge in [0.25, 0.3) is 0 Å². The molecular formula is C12H18N8O4S. The summed E-state index contributed by atoms with van der Waals surface area (Å²) in [6.07, 6.45) is -3.00. The molecule has 1 saturated heterocycles. The number of amidine groups is 1. The van der Waals surface area contributed by atoms with Gasteiger partial charge >= 0.3 is 0 Å². The number of thioether (sulfide) groups is 1. The third-order valence-corrected chi connectivity index (χ3v) is 4.41. The van der Waals surface area contributed by atoms with Crippen molar-refractivity contribution in [3.63, 3.8) is 0 Å². The number of fused-ring (bicyclic) bond motifs is 1. The molecule has 9 N–H and O–H groups in total. The Morgan fingerprint density at radius 2 is 2.12 bits per heavy atom. The number of hydrogen-bond donors (Lipinski definition) is 7. The summed E-state index contributed by atoms with van der Waals surface area (Å²) in [5.74, 6) is 5.36. The Labute approximate surface area is 145 Å². The second-order valence-corrected chi connectivity index (χ2v) is 6.11. The van der Waals surface area contributed by atoms with E-state index in [1.807, 2.05) is 0 Å². The number of anilines is 1. The van der Waals surface area contributed by atoms with Crippen LogP contribution in [0.2, 0.25) is 0 Å². The minimum Gasteiger partial charge on any atom is -0.394 e. The van der Waals surface area contributed by atoms with E-state index in [1.54, 1.807) is 6.26 Å². The number of aliphatic hydroxyl groups is 3. The van der Waals surface area contributed by atoms with E-state index < -0.39 is 31.1 Å². The summed E-state index contributed by atoms with van der Waals surface area (Å²) >= 11 is 1.25. The predicted octanol–water partition coefficient (Wildman–Crippen LogP) is -2.27. The van der Waals surface area contributed by atoms with E-state index >= 15 is 0 Å². The van der Waals surface area contributed by atoms with Crippen LogP contribution in [0.1, 0.15) is 11.9 Å². The van der Waals surface area contributed by atoms with Gasteiger partial charge in [0.2, 0.25) is 0 Å². The number of aromatic nitrogens is 4. The van der Waals surface area contributed by atoms with Crippen LogP contribution >= 0.6 is 11.8 Å². The summed E-state index contributed by atoms with van der Waals surface area (Å²) in [5, 5.41) is 42.0. The highest BCUT2D eigenvalue weighted by atomic mass is 32.2. The maximum Gasteiger partial charge on any atom is 0.191 e. The third kappa shape index (κ3) is 2.80.